The summed E-state index contributed by atoms with van der Waals surface area (Å²) in [6.45, 7) is 3.78. The number of carbonyl (C=O) groups excluding carboxylic acids is 1. The molecule has 5 heteroatoms. The molecule has 0 aromatic heterocycles. The SMILES string of the molecule is Cc1ccccc1NC(C)C(=O)N/N=C\c1cccc(Cl)c1. The molecule has 1 atom stereocenters. The van der Waals surface area contributed by atoms with Gasteiger partial charge in [-0.1, -0.05) is 41.9 Å². The van der Waals surface area contributed by atoms with Gasteiger partial charge in [-0.15, -0.1) is 0 Å². The van der Waals surface area contributed by atoms with Gasteiger partial charge in [0.25, 0.3) is 5.91 Å². The lowest BCUT2D eigenvalue weighted by molar-refractivity contribution is -0.121. The first-order valence-electron chi connectivity index (χ1n) is 6.97. The molecule has 0 spiro atoms. The molecule has 0 aliphatic heterocycles. The van der Waals surface area contributed by atoms with Crippen molar-refractivity contribution < 1.29 is 4.79 Å². The van der Waals surface area contributed by atoms with Gasteiger partial charge in [0.05, 0.1) is 6.21 Å². The average Bonchev–Trinajstić information content (AvgIpc) is 2.49. The minimum Gasteiger partial charge on any atom is -0.374 e. The number of aryl methyl sites for hydroxylation is 1. The molecule has 0 aliphatic rings. The van der Waals surface area contributed by atoms with Crippen LogP contribution in [0.15, 0.2) is 53.6 Å². The summed E-state index contributed by atoms with van der Waals surface area (Å²) in [6, 6.07) is 14.7. The molecule has 0 fully saturated rings. The largest absolute Gasteiger partial charge is 0.374 e. The van der Waals surface area contributed by atoms with Crippen LogP contribution in [0.5, 0.6) is 0 Å². The molecule has 2 N–H and O–H groups in total. The van der Waals surface area contributed by atoms with Crippen LogP contribution in [0.4, 0.5) is 5.69 Å². The first-order valence-corrected chi connectivity index (χ1v) is 7.34. The number of carbonyl (C=O) groups is 1. The molecule has 0 aliphatic carbocycles. The Labute approximate surface area is 135 Å². The maximum atomic E-state index is 12.0. The molecule has 0 saturated heterocycles. The minimum absolute atomic E-state index is 0.207. The van der Waals surface area contributed by atoms with Gasteiger partial charge in [-0.25, -0.2) is 5.43 Å². The second-order valence-corrected chi connectivity index (χ2v) is 5.41. The summed E-state index contributed by atoms with van der Waals surface area (Å²) in [5.74, 6) is -0.207. The lowest BCUT2D eigenvalue weighted by Gasteiger charge is -2.15. The highest BCUT2D eigenvalue weighted by molar-refractivity contribution is 6.30. The van der Waals surface area contributed by atoms with Gasteiger partial charge in [-0.05, 0) is 43.2 Å². The molecule has 1 amide bonds. The van der Waals surface area contributed by atoms with Crippen LogP contribution >= 0.6 is 11.6 Å². The molecule has 0 bridgehead atoms. The lowest BCUT2D eigenvalue weighted by Crippen LogP contribution is -2.35. The van der Waals surface area contributed by atoms with E-state index in [1.54, 1.807) is 25.3 Å². The molecule has 4 nitrogen and oxygen atoms in total. The number of benzene rings is 2. The fraction of sp³-hybridized carbons (Fsp3) is 0.176. The number of nitrogens with one attached hydrogen (secondary N) is 2. The lowest BCUT2D eigenvalue weighted by atomic mass is 10.2. The normalized spacial score (nSPS) is 12.1. The number of rotatable bonds is 5. The summed E-state index contributed by atoms with van der Waals surface area (Å²) in [6.07, 6.45) is 1.56. The van der Waals surface area contributed by atoms with Crippen molar-refractivity contribution in [2.75, 3.05) is 5.32 Å². The molecule has 0 saturated carbocycles. The second-order valence-electron chi connectivity index (χ2n) is 4.97. The highest BCUT2D eigenvalue weighted by Crippen LogP contribution is 2.14. The summed E-state index contributed by atoms with van der Waals surface area (Å²) in [4.78, 5) is 12.0. The van der Waals surface area contributed by atoms with E-state index >= 15 is 0 Å². The van der Waals surface area contributed by atoms with E-state index in [1.807, 2.05) is 43.3 Å². The first kappa shape index (κ1) is 16.0. The number of anilines is 1. The summed E-state index contributed by atoms with van der Waals surface area (Å²) in [7, 11) is 0. The molecule has 2 aromatic rings. The van der Waals surface area contributed by atoms with Crippen molar-refractivity contribution in [3.8, 4) is 0 Å². The van der Waals surface area contributed by atoms with Gasteiger partial charge in [0.15, 0.2) is 0 Å². The van der Waals surface area contributed by atoms with Crippen molar-refractivity contribution >= 4 is 29.4 Å². The van der Waals surface area contributed by atoms with Gasteiger partial charge in [-0.3, -0.25) is 4.79 Å². The summed E-state index contributed by atoms with van der Waals surface area (Å²) >= 11 is 5.88. The van der Waals surface area contributed by atoms with Crippen molar-refractivity contribution in [1.29, 1.82) is 0 Å². The monoisotopic (exact) mass is 315 g/mol. The number of hydrogen-bond acceptors (Lipinski definition) is 3. The van der Waals surface area contributed by atoms with Crippen LogP contribution in [-0.2, 0) is 4.79 Å². The van der Waals surface area contributed by atoms with E-state index < -0.39 is 6.04 Å². The second kappa shape index (κ2) is 7.61. The molecule has 2 aromatic carbocycles. The van der Waals surface area contributed by atoms with Crippen LogP contribution < -0.4 is 10.7 Å². The van der Waals surface area contributed by atoms with E-state index in [2.05, 4.69) is 15.8 Å². The molecule has 2 rings (SSSR count). The van der Waals surface area contributed by atoms with Crippen LogP contribution in [-0.4, -0.2) is 18.2 Å². The van der Waals surface area contributed by atoms with Gasteiger partial charge in [0, 0.05) is 10.7 Å². The highest BCUT2D eigenvalue weighted by Gasteiger charge is 2.12. The maximum Gasteiger partial charge on any atom is 0.262 e. The Morgan fingerprint density at radius 3 is 2.73 bits per heavy atom. The van der Waals surface area contributed by atoms with Crippen LogP contribution in [0.1, 0.15) is 18.1 Å². The minimum atomic E-state index is -0.391. The van der Waals surface area contributed by atoms with Gasteiger partial charge >= 0.3 is 0 Å². The Kier molecular flexibility index (Phi) is 5.55. The van der Waals surface area contributed by atoms with E-state index in [4.69, 9.17) is 11.6 Å². The first-order chi connectivity index (χ1) is 10.6. The fourth-order valence-electron chi connectivity index (χ4n) is 1.89. The third kappa shape index (κ3) is 4.60. The van der Waals surface area contributed by atoms with Crippen molar-refractivity contribution in [1.82, 2.24) is 5.43 Å². The molecule has 22 heavy (non-hydrogen) atoms. The highest BCUT2D eigenvalue weighted by atomic mass is 35.5. The molecule has 0 radical (unpaired) electrons. The van der Waals surface area contributed by atoms with Crippen LogP contribution in [0.25, 0.3) is 0 Å². The Morgan fingerprint density at radius 1 is 1.23 bits per heavy atom. The number of nitrogens with zero attached hydrogens (tertiary/aromatic N) is 1. The van der Waals surface area contributed by atoms with E-state index in [0.29, 0.717) is 5.02 Å². The number of hydrazone groups is 1. The molecular formula is C17H18ClN3O. The zero-order valence-electron chi connectivity index (χ0n) is 12.5. The standard InChI is InChI=1S/C17H18ClN3O/c1-12-6-3-4-9-16(12)20-13(2)17(22)21-19-11-14-7-5-8-15(18)10-14/h3-11,13,20H,1-2H3,(H,21,22)/b19-11-. The van der Waals surface area contributed by atoms with Gasteiger partial charge in [0.1, 0.15) is 6.04 Å². The Morgan fingerprint density at radius 2 is 2.00 bits per heavy atom. The number of halogens is 1. The van der Waals surface area contributed by atoms with E-state index in [9.17, 15) is 4.79 Å². The molecular weight excluding hydrogens is 298 g/mol. The van der Waals surface area contributed by atoms with Crippen LogP contribution in [0, 0.1) is 6.92 Å². The summed E-state index contributed by atoms with van der Waals surface area (Å²) in [5, 5.41) is 7.73. The van der Waals surface area contributed by atoms with Crippen LogP contribution in [0.2, 0.25) is 5.02 Å². The molecule has 1 unspecified atom stereocenters. The third-order valence-corrected chi connectivity index (χ3v) is 3.38. The predicted octanol–water partition coefficient (Wildman–Crippen LogP) is 3.60. The van der Waals surface area contributed by atoms with E-state index in [0.717, 1.165) is 16.8 Å². The van der Waals surface area contributed by atoms with Crippen molar-refractivity contribution in [2.45, 2.75) is 19.9 Å². The average molecular weight is 316 g/mol. The Bertz CT molecular complexity index is 685. The topological polar surface area (TPSA) is 53.5 Å². The van der Waals surface area contributed by atoms with Crippen molar-refractivity contribution in [3.05, 3.63) is 64.7 Å². The summed E-state index contributed by atoms with van der Waals surface area (Å²) in [5.41, 5.74) is 5.36. The zero-order valence-corrected chi connectivity index (χ0v) is 13.3. The van der Waals surface area contributed by atoms with Crippen LogP contribution in [0.3, 0.4) is 0 Å². The molecule has 0 heterocycles. The van der Waals surface area contributed by atoms with Crippen molar-refractivity contribution in [2.24, 2.45) is 5.10 Å². The van der Waals surface area contributed by atoms with Crippen molar-refractivity contribution in [3.63, 3.8) is 0 Å². The quantitative estimate of drug-likeness (QED) is 0.654. The Hall–Kier alpha value is -2.33. The number of hydrogen-bond donors (Lipinski definition) is 2. The van der Waals surface area contributed by atoms with Gasteiger partial charge < -0.3 is 5.32 Å². The van der Waals surface area contributed by atoms with Gasteiger partial charge in [0.2, 0.25) is 0 Å². The number of amides is 1. The zero-order chi connectivity index (χ0) is 15.9. The summed E-state index contributed by atoms with van der Waals surface area (Å²) < 4.78 is 0. The van der Waals surface area contributed by atoms with Gasteiger partial charge in [-0.2, -0.15) is 5.10 Å². The smallest absolute Gasteiger partial charge is 0.262 e. The molecule has 114 valence electrons. The van der Waals surface area contributed by atoms with E-state index in [1.165, 1.54) is 0 Å². The fourth-order valence-corrected chi connectivity index (χ4v) is 2.09. The number of para-hydroxylation sites is 1. The Balaban J connectivity index is 1.90. The third-order valence-electron chi connectivity index (χ3n) is 3.15. The predicted molar refractivity (Wildman–Crippen MR) is 91.5 cm³/mol. The van der Waals surface area contributed by atoms with E-state index in [-0.39, 0.29) is 5.91 Å². The maximum absolute atomic E-state index is 12.0.